The lowest BCUT2D eigenvalue weighted by molar-refractivity contribution is -0.117. The average Bonchev–Trinajstić information content (AvgIpc) is 3.01. The Labute approximate surface area is 170 Å². The van der Waals surface area contributed by atoms with Gasteiger partial charge in [-0.05, 0) is 90.4 Å². The van der Waals surface area contributed by atoms with Crippen molar-refractivity contribution in [2.24, 2.45) is 22.7 Å². The molecule has 0 heterocycles. The van der Waals surface area contributed by atoms with E-state index >= 15 is 0 Å². The second-order valence-electron chi connectivity index (χ2n) is 11.0. The van der Waals surface area contributed by atoms with Gasteiger partial charge in [0.25, 0.3) is 0 Å². The largest absolute Gasteiger partial charge is 0.495 e. The quantitative estimate of drug-likeness (QED) is 0.663. The minimum absolute atomic E-state index is 0.0209. The summed E-state index contributed by atoms with van der Waals surface area (Å²) < 4.78 is 5.65. The van der Waals surface area contributed by atoms with Crippen LogP contribution in [-0.2, 0) is 11.2 Å². The standard InChI is InChI=1S/C25H37NO2/c1-24(2,3)15-23(27)26-21-14-19-16(13-22(21)28-5)8-9-18-17(19)10-12-25(4)11-6-7-20(18)25/h13-14,17-18,20H,6-12,15H2,1-5H3,(H,26,27)/t17-,18+,20-,25-/m0/s1. The van der Waals surface area contributed by atoms with Crippen LogP contribution in [0.5, 0.6) is 5.75 Å². The fourth-order valence-electron chi connectivity index (χ4n) is 6.53. The number of benzene rings is 1. The highest BCUT2D eigenvalue weighted by Crippen LogP contribution is 2.61. The Bertz CT molecular complexity index is 763. The number of carbonyl (C=O) groups excluding carboxylic acids is 1. The van der Waals surface area contributed by atoms with Crippen LogP contribution in [0.25, 0.3) is 0 Å². The van der Waals surface area contributed by atoms with Gasteiger partial charge in [-0.2, -0.15) is 0 Å². The van der Waals surface area contributed by atoms with Gasteiger partial charge in [-0.15, -0.1) is 0 Å². The van der Waals surface area contributed by atoms with Crippen molar-refractivity contribution in [2.75, 3.05) is 12.4 Å². The van der Waals surface area contributed by atoms with E-state index in [4.69, 9.17) is 4.74 Å². The highest BCUT2D eigenvalue weighted by molar-refractivity contribution is 5.93. The summed E-state index contributed by atoms with van der Waals surface area (Å²) in [5.74, 6) is 3.25. The third-order valence-corrected chi connectivity index (χ3v) is 7.79. The molecular formula is C25H37NO2. The van der Waals surface area contributed by atoms with Crippen molar-refractivity contribution < 1.29 is 9.53 Å². The van der Waals surface area contributed by atoms with Gasteiger partial charge in [-0.3, -0.25) is 4.79 Å². The van der Waals surface area contributed by atoms with Crippen molar-refractivity contribution in [3.63, 3.8) is 0 Å². The summed E-state index contributed by atoms with van der Waals surface area (Å²) in [4.78, 5) is 12.6. The van der Waals surface area contributed by atoms with E-state index < -0.39 is 0 Å². The zero-order valence-electron chi connectivity index (χ0n) is 18.4. The van der Waals surface area contributed by atoms with Gasteiger partial charge < -0.3 is 10.1 Å². The topological polar surface area (TPSA) is 38.3 Å². The number of rotatable bonds is 3. The van der Waals surface area contributed by atoms with Crippen LogP contribution < -0.4 is 10.1 Å². The zero-order valence-corrected chi connectivity index (χ0v) is 18.4. The van der Waals surface area contributed by atoms with E-state index in [0.717, 1.165) is 29.7 Å². The summed E-state index contributed by atoms with van der Waals surface area (Å²) in [5.41, 5.74) is 4.34. The lowest BCUT2D eigenvalue weighted by Crippen LogP contribution is -2.39. The fraction of sp³-hybridized carbons (Fsp3) is 0.720. The van der Waals surface area contributed by atoms with E-state index in [1.807, 2.05) is 0 Å². The molecule has 4 rings (SSSR count). The molecule has 154 valence electrons. The number of carbonyl (C=O) groups is 1. The maximum atomic E-state index is 12.6. The number of methoxy groups -OCH3 is 1. The van der Waals surface area contributed by atoms with Crippen molar-refractivity contribution in [1.82, 2.24) is 0 Å². The zero-order chi connectivity index (χ0) is 20.1. The SMILES string of the molecule is COc1cc2c(cc1NC(=O)CC(C)(C)C)[C@H]1CC[C@]3(C)CCC[C@H]3[C@@H]1CC2. The van der Waals surface area contributed by atoms with Gasteiger partial charge in [0.05, 0.1) is 12.8 Å². The molecule has 2 fully saturated rings. The molecule has 0 radical (unpaired) electrons. The summed E-state index contributed by atoms with van der Waals surface area (Å²) in [6.45, 7) is 8.84. The van der Waals surface area contributed by atoms with Gasteiger partial charge in [-0.25, -0.2) is 0 Å². The molecule has 1 aromatic carbocycles. The number of hydrogen-bond acceptors (Lipinski definition) is 2. The van der Waals surface area contributed by atoms with Crippen LogP contribution >= 0.6 is 0 Å². The summed E-state index contributed by atoms with van der Waals surface area (Å²) in [6, 6.07) is 4.45. The predicted molar refractivity (Wildman–Crippen MR) is 115 cm³/mol. The summed E-state index contributed by atoms with van der Waals surface area (Å²) in [6.07, 6.45) is 9.88. The first kappa shape index (κ1) is 19.8. The highest BCUT2D eigenvalue weighted by Gasteiger charge is 2.50. The van der Waals surface area contributed by atoms with E-state index in [0.29, 0.717) is 17.8 Å². The first-order chi connectivity index (χ1) is 13.2. The molecule has 0 saturated heterocycles. The Morgan fingerprint density at radius 1 is 1.21 bits per heavy atom. The molecular weight excluding hydrogens is 346 g/mol. The minimum Gasteiger partial charge on any atom is -0.495 e. The summed E-state index contributed by atoms with van der Waals surface area (Å²) in [5, 5.41) is 3.15. The number of anilines is 1. The van der Waals surface area contributed by atoms with Crippen LogP contribution in [0.2, 0.25) is 0 Å². The Morgan fingerprint density at radius 3 is 2.71 bits per heavy atom. The van der Waals surface area contributed by atoms with Gasteiger partial charge in [0.1, 0.15) is 5.75 Å². The minimum atomic E-state index is -0.0209. The fourth-order valence-corrected chi connectivity index (χ4v) is 6.53. The van der Waals surface area contributed by atoms with Crippen molar-refractivity contribution >= 4 is 11.6 Å². The summed E-state index contributed by atoms with van der Waals surface area (Å²) >= 11 is 0. The van der Waals surface area contributed by atoms with Crippen LogP contribution in [0.4, 0.5) is 5.69 Å². The second kappa shape index (κ2) is 7.07. The third kappa shape index (κ3) is 3.57. The van der Waals surface area contributed by atoms with Gasteiger partial charge in [0.15, 0.2) is 0 Å². The maximum Gasteiger partial charge on any atom is 0.224 e. The van der Waals surface area contributed by atoms with Crippen molar-refractivity contribution in [2.45, 2.75) is 85.0 Å². The van der Waals surface area contributed by atoms with Crippen LogP contribution in [0.15, 0.2) is 12.1 Å². The van der Waals surface area contributed by atoms with E-state index in [1.54, 1.807) is 7.11 Å². The number of fused-ring (bicyclic) bond motifs is 5. The Balaban J connectivity index is 1.63. The monoisotopic (exact) mass is 383 g/mol. The molecule has 2 saturated carbocycles. The third-order valence-electron chi connectivity index (χ3n) is 7.79. The average molecular weight is 384 g/mol. The molecule has 1 amide bonds. The molecule has 0 bridgehead atoms. The molecule has 0 spiro atoms. The highest BCUT2D eigenvalue weighted by atomic mass is 16.5. The van der Waals surface area contributed by atoms with Crippen molar-refractivity contribution in [3.8, 4) is 5.75 Å². The molecule has 0 unspecified atom stereocenters. The molecule has 3 aliphatic rings. The van der Waals surface area contributed by atoms with E-state index in [1.165, 1.54) is 49.7 Å². The number of hydrogen-bond donors (Lipinski definition) is 1. The molecule has 1 N–H and O–H groups in total. The van der Waals surface area contributed by atoms with Crippen LogP contribution in [0.3, 0.4) is 0 Å². The smallest absolute Gasteiger partial charge is 0.224 e. The van der Waals surface area contributed by atoms with E-state index in [-0.39, 0.29) is 11.3 Å². The molecule has 3 heteroatoms. The number of amides is 1. The van der Waals surface area contributed by atoms with Crippen LogP contribution in [-0.4, -0.2) is 13.0 Å². The Hall–Kier alpha value is -1.51. The van der Waals surface area contributed by atoms with Crippen LogP contribution in [0.1, 0.15) is 89.7 Å². The molecule has 4 atom stereocenters. The number of aryl methyl sites for hydroxylation is 1. The molecule has 28 heavy (non-hydrogen) atoms. The van der Waals surface area contributed by atoms with E-state index in [9.17, 15) is 4.79 Å². The van der Waals surface area contributed by atoms with Gasteiger partial charge in [0, 0.05) is 6.42 Å². The van der Waals surface area contributed by atoms with Crippen molar-refractivity contribution in [3.05, 3.63) is 23.3 Å². The van der Waals surface area contributed by atoms with Crippen molar-refractivity contribution in [1.29, 1.82) is 0 Å². The second-order valence-corrected chi connectivity index (χ2v) is 11.0. The van der Waals surface area contributed by atoms with Gasteiger partial charge in [0.2, 0.25) is 5.91 Å². The first-order valence-electron chi connectivity index (χ1n) is 11.2. The lowest BCUT2D eigenvalue weighted by atomic mass is 9.56. The molecule has 0 aromatic heterocycles. The number of ether oxygens (including phenoxy) is 1. The normalized spacial score (nSPS) is 31.5. The molecule has 0 aliphatic heterocycles. The maximum absolute atomic E-state index is 12.6. The number of nitrogens with one attached hydrogen (secondary N) is 1. The Kier molecular flexibility index (Phi) is 5.00. The van der Waals surface area contributed by atoms with E-state index in [2.05, 4.69) is 45.1 Å². The summed E-state index contributed by atoms with van der Waals surface area (Å²) in [7, 11) is 1.71. The Morgan fingerprint density at radius 2 is 2.00 bits per heavy atom. The van der Waals surface area contributed by atoms with Gasteiger partial charge in [-0.1, -0.05) is 34.1 Å². The first-order valence-corrected chi connectivity index (χ1v) is 11.2. The molecule has 1 aromatic rings. The lowest BCUT2D eigenvalue weighted by Gasteiger charge is -2.49. The molecule has 3 nitrogen and oxygen atoms in total. The molecule has 3 aliphatic carbocycles. The predicted octanol–water partition coefficient (Wildman–Crippen LogP) is 6.32. The van der Waals surface area contributed by atoms with Crippen LogP contribution in [0, 0.1) is 22.7 Å². The van der Waals surface area contributed by atoms with Gasteiger partial charge >= 0.3 is 0 Å².